The second-order valence-electron chi connectivity index (χ2n) is 3.86. The Kier molecular flexibility index (Phi) is 4.56. The number of rotatable bonds is 4. The molecule has 1 aromatic carbocycles. The molecular weight excluding hydrogens is 319 g/mol. The van der Waals surface area contributed by atoms with E-state index in [1.54, 1.807) is 0 Å². The first-order valence-corrected chi connectivity index (χ1v) is 6.31. The number of aromatic hydroxyl groups is 1. The minimum Gasteiger partial charge on any atom is -0.507 e. The van der Waals surface area contributed by atoms with E-state index in [0.29, 0.717) is 10.8 Å². The van der Waals surface area contributed by atoms with Crippen molar-refractivity contribution in [2.75, 3.05) is 5.43 Å². The third kappa shape index (κ3) is 4.04. The number of halogens is 2. The minimum absolute atomic E-state index is 0.136. The lowest BCUT2D eigenvalue weighted by molar-refractivity contribution is -0.384. The quantitative estimate of drug-likeness (QED) is 0.388. The average Bonchev–Trinajstić information content (AvgIpc) is 2.39. The number of hydrogen-bond acceptors (Lipinski definition) is 6. The number of hydrazone groups is 1. The summed E-state index contributed by atoms with van der Waals surface area (Å²) in [6, 6.07) is 6.56. The van der Waals surface area contributed by atoms with Gasteiger partial charge < -0.3 is 5.11 Å². The molecule has 21 heavy (non-hydrogen) atoms. The van der Waals surface area contributed by atoms with E-state index in [4.69, 9.17) is 23.2 Å². The van der Waals surface area contributed by atoms with Gasteiger partial charge in [0.1, 0.15) is 16.7 Å². The van der Waals surface area contributed by atoms with Crippen LogP contribution in [0.3, 0.4) is 0 Å². The van der Waals surface area contributed by atoms with Crippen LogP contribution in [0.1, 0.15) is 5.56 Å². The second-order valence-corrected chi connectivity index (χ2v) is 4.69. The normalized spacial score (nSPS) is 10.8. The minimum atomic E-state index is -0.567. The van der Waals surface area contributed by atoms with Crippen molar-refractivity contribution in [3.8, 4) is 5.75 Å². The summed E-state index contributed by atoms with van der Waals surface area (Å²) in [6.45, 7) is 0. The van der Waals surface area contributed by atoms with Crippen LogP contribution in [-0.2, 0) is 0 Å². The highest BCUT2D eigenvalue weighted by atomic mass is 35.5. The van der Waals surface area contributed by atoms with E-state index in [-0.39, 0.29) is 22.2 Å². The highest BCUT2D eigenvalue weighted by Crippen LogP contribution is 2.22. The number of benzene rings is 1. The molecule has 0 aliphatic rings. The molecule has 0 aliphatic heterocycles. The van der Waals surface area contributed by atoms with Crippen molar-refractivity contribution in [2.45, 2.75) is 0 Å². The molecule has 0 atom stereocenters. The maximum atomic E-state index is 10.7. The van der Waals surface area contributed by atoms with Crippen molar-refractivity contribution in [3.05, 3.63) is 56.2 Å². The summed E-state index contributed by atoms with van der Waals surface area (Å²) in [5.41, 5.74) is 2.59. The number of phenolic OH excluding ortho intramolecular Hbond substituents is 1. The summed E-state index contributed by atoms with van der Waals surface area (Å²) in [4.78, 5) is 14.0. The number of hydrogen-bond donors (Lipinski definition) is 2. The molecule has 9 heteroatoms. The van der Waals surface area contributed by atoms with Crippen molar-refractivity contribution >= 4 is 40.9 Å². The van der Waals surface area contributed by atoms with E-state index in [1.807, 2.05) is 0 Å². The molecule has 0 amide bonds. The summed E-state index contributed by atoms with van der Waals surface area (Å²) in [5, 5.41) is 24.7. The Labute approximate surface area is 129 Å². The lowest BCUT2D eigenvalue weighted by Crippen LogP contribution is -1.95. The molecule has 0 radical (unpaired) electrons. The molecule has 0 aliphatic carbocycles. The number of pyridine rings is 1. The summed E-state index contributed by atoms with van der Waals surface area (Å²) >= 11 is 11.5. The van der Waals surface area contributed by atoms with E-state index in [1.165, 1.54) is 36.5 Å². The van der Waals surface area contributed by atoms with Crippen LogP contribution in [0.4, 0.5) is 11.5 Å². The van der Waals surface area contributed by atoms with E-state index in [0.717, 1.165) is 0 Å². The van der Waals surface area contributed by atoms with Gasteiger partial charge in [-0.2, -0.15) is 5.10 Å². The molecule has 0 saturated carbocycles. The van der Waals surface area contributed by atoms with Crippen molar-refractivity contribution in [1.82, 2.24) is 4.98 Å². The lowest BCUT2D eigenvalue weighted by Gasteiger charge is -2.01. The zero-order chi connectivity index (χ0) is 15.4. The Bertz CT molecular complexity index is 701. The summed E-state index contributed by atoms with van der Waals surface area (Å²) in [7, 11) is 0. The van der Waals surface area contributed by atoms with Crippen LogP contribution < -0.4 is 5.43 Å². The van der Waals surface area contributed by atoms with Gasteiger partial charge in [-0.15, -0.1) is 0 Å². The molecular formula is C12H8Cl2N4O3. The number of nitro groups is 1. The van der Waals surface area contributed by atoms with E-state index >= 15 is 0 Å². The molecule has 0 saturated heterocycles. The zero-order valence-corrected chi connectivity index (χ0v) is 11.8. The second kappa shape index (κ2) is 6.38. The summed E-state index contributed by atoms with van der Waals surface area (Å²) in [5.74, 6) is 0.164. The SMILES string of the molecule is O=[N+]([O-])c1ccc(O)c(C=NNc2cc(Cl)cc(Cl)n2)c1. The number of nitro benzene ring substituents is 1. The van der Waals surface area contributed by atoms with Crippen LogP contribution in [-0.4, -0.2) is 21.2 Å². The van der Waals surface area contributed by atoms with E-state index < -0.39 is 4.92 Å². The number of non-ortho nitro benzene ring substituents is 1. The number of phenols is 1. The highest BCUT2D eigenvalue weighted by molar-refractivity contribution is 6.34. The standard InChI is InChI=1S/C12H8Cl2N4O3/c13-8-4-11(14)16-12(5-8)17-15-6-7-3-9(18(20)21)1-2-10(7)19/h1-6,19H,(H,16,17). The number of nitrogens with zero attached hydrogens (tertiary/aromatic N) is 3. The number of anilines is 1. The number of aromatic nitrogens is 1. The summed E-state index contributed by atoms with van der Waals surface area (Å²) in [6.07, 6.45) is 1.22. The Morgan fingerprint density at radius 2 is 2.10 bits per heavy atom. The maximum absolute atomic E-state index is 10.7. The fourth-order valence-corrected chi connectivity index (χ4v) is 1.92. The Morgan fingerprint density at radius 1 is 1.33 bits per heavy atom. The Balaban J connectivity index is 2.17. The summed E-state index contributed by atoms with van der Waals surface area (Å²) < 4.78 is 0. The average molecular weight is 327 g/mol. The van der Waals surface area contributed by atoms with Gasteiger partial charge in [0.25, 0.3) is 5.69 Å². The largest absolute Gasteiger partial charge is 0.507 e. The van der Waals surface area contributed by atoms with Crippen LogP contribution in [0.2, 0.25) is 10.2 Å². The first kappa shape index (κ1) is 15.0. The fraction of sp³-hybridized carbons (Fsp3) is 0. The monoisotopic (exact) mass is 326 g/mol. The third-order valence-corrected chi connectivity index (χ3v) is 2.78. The van der Waals surface area contributed by atoms with Crippen molar-refractivity contribution in [1.29, 1.82) is 0 Å². The molecule has 108 valence electrons. The zero-order valence-electron chi connectivity index (χ0n) is 10.3. The fourth-order valence-electron chi connectivity index (χ4n) is 1.45. The van der Waals surface area contributed by atoms with Crippen molar-refractivity contribution in [2.24, 2.45) is 5.10 Å². The predicted octanol–water partition coefficient (Wildman–Crippen LogP) is 3.45. The molecule has 2 aromatic rings. The van der Waals surface area contributed by atoms with Gasteiger partial charge in [0.15, 0.2) is 0 Å². The molecule has 1 heterocycles. The molecule has 0 bridgehead atoms. The highest BCUT2D eigenvalue weighted by Gasteiger charge is 2.08. The van der Waals surface area contributed by atoms with Crippen molar-refractivity contribution in [3.63, 3.8) is 0 Å². The first-order valence-electron chi connectivity index (χ1n) is 5.55. The van der Waals surface area contributed by atoms with Crippen molar-refractivity contribution < 1.29 is 10.0 Å². The van der Waals surface area contributed by atoms with Gasteiger partial charge in [0.05, 0.1) is 11.1 Å². The van der Waals surface area contributed by atoms with Crippen LogP contribution in [0, 0.1) is 10.1 Å². The molecule has 0 spiro atoms. The topological polar surface area (TPSA) is 101 Å². The molecule has 0 unspecified atom stereocenters. The van der Waals surface area contributed by atoms with Gasteiger partial charge in [0.2, 0.25) is 0 Å². The van der Waals surface area contributed by atoms with Gasteiger partial charge >= 0.3 is 0 Å². The predicted molar refractivity (Wildman–Crippen MR) is 80.2 cm³/mol. The smallest absolute Gasteiger partial charge is 0.270 e. The molecule has 1 aromatic heterocycles. The Hall–Kier alpha value is -2.38. The molecule has 2 rings (SSSR count). The number of nitrogens with one attached hydrogen (secondary N) is 1. The first-order chi connectivity index (χ1) is 9.95. The van der Waals surface area contributed by atoms with E-state index in [9.17, 15) is 15.2 Å². The lowest BCUT2D eigenvalue weighted by atomic mass is 10.2. The van der Waals surface area contributed by atoms with Crippen LogP contribution in [0.5, 0.6) is 5.75 Å². The van der Waals surface area contributed by atoms with Crippen LogP contribution >= 0.6 is 23.2 Å². The van der Waals surface area contributed by atoms with Gasteiger partial charge in [-0.05, 0) is 12.1 Å². The molecule has 2 N–H and O–H groups in total. The van der Waals surface area contributed by atoms with Crippen LogP contribution in [0.15, 0.2) is 35.4 Å². The third-order valence-electron chi connectivity index (χ3n) is 2.36. The van der Waals surface area contributed by atoms with Gasteiger partial charge in [0, 0.05) is 28.8 Å². The van der Waals surface area contributed by atoms with Gasteiger partial charge in [-0.25, -0.2) is 4.98 Å². The molecule has 0 fully saturated rings. The molecule has 7 nitrogen and oxygen atoms in total. The van der Waals surface area contributed by atoms with Gasteiger partial charge in [-0.1, -0.05) is 23.2 Å². The maximum Gasteiger partial charge on any atom is 0.270 e. The van der Waals surface area contributed by atoms with E-state index in [2.05, 4.69) is 15.5 Å². The Morgan fingerprint density at radius 3 is 2.76 bits per heavy atom. The van der Waals surface area contributed by atoms with Gasteiger partial charge in [-0.3, -0.25) is 15.5 Å². The van der Waals surface area contributed by atoms with Crippen LogP contribution in [0.25, 0.3) is 0 Å².